The standard InChI is InChI=1S/C24H22F3N7O2/c1-15-11-32(14-29-15)19-7-6-17(10-21(19)36-2)18-12-34(31-30-18)20-8-5-16-4-3-9-28-22(16)33(23(20)35)13-24(25,26)27/h3-4,6-7,9-12,14,20H,5,8,13H2,1-2H3/t20-/m1/s1. The zero-order valence-electron chi connectivity index (χ0n) is 19.5. The molecule has 186 valence electrons. The van der Waals surface area contributed by atoms with Gasteiger partial charge >= 0.3 is 6.18 Å². The highest BCUT2D eigenvalue weighted by molar-refractivity contribution is 5.96. The van der Waals surface area contributed by atoms with Gasteiger partial charge in [-0.2, -0.15) is 13.2 Å². The van der Waals surface area contributed by atoms with E-state index in [4.69, 9.17) is 4.74 Å². The van der Waals surface area contributed by atoms with Gasteiger partial charge in [-0.3, -0.25) is 9.69 Å². The molecule has 1 aliphatic heterocycles. The number of halogens is 3. The highest BCUT2D eigenvalue weighted by Gasteiger charge is 2.40. The summed E-state index contributed by atoms with van der Waals surface area (Å²) >= 11 is 0. The number of anilines is 1. The number of hydrogen-bond acceptors (Lipinski definition) is 6. The molecule has 0 unspecified atom stereocenters. The lowest BCUT2D eigenvalue weighted by atomic mass is 10.1. The maximum absolute atomic E-state index is 13.3. The smallest absolute Gasteiger partial charge is 0.406 e. The molecule has 4 heterocycles. The Labute approximate surface area is 204 Å². The van der Waals surface area contributed by atoms with Crippen molar-refractivity contribution in [2.45, 2.75) is 32.0 Å². The summed E-state index contributed by atoms with van der Waals surface area (Å²) in [6, 6.07) is 7.82. The molecule has 3 aromatic heterocycles. The van der Waals surface area contributed by atoms with Crippen molar-refractivity contribution in [3.63, 3.8) is 0 Å². The molecule has 9 nitrogen and oxygen atoms in total. The molecular weight excluding hydrogens is 475 g/mol. The van der Waals surface area contributed by atoms with Crippen LogP contribution in [0.5, 0.6) is 5.75 Å². The molecular formula is C24H22F3N7O2. The number of amides is 1. The van der Waals surface area contributed by atoms with Gasteiger partial charge in [0.15, 0.2) is 0 Å². The van der Waals surface area contributed by atoms with Crippen LogP contribution in [0.4, 0.5) is 19.0 Å². The minimum Gasteiger partial charge on any atom is -0.495 e. The number of methoxy groups -OCH3 is 1. The third kappa shape index (κ3) is 4.53. The van der Waals surface area contributed by atoms with Crippen molar-refractivity contribution >= 4 is 11.7 Å². The first-order valence-corrected chi connectivity index (χ1v) is 11.2. The van der Waals surface area contributed by atoms with Crippen molar-refractivity contribution in [2.75, 3.05) is 18.6 Å². The third-order valence-corrected chi connectivity index (χ3v) is 5.99. The molecule has 4 aromatic rings. The number of hydrogen-bond donors (Lipinski definition) is 0. The van der Waals surface area contributed by atoms with Crippen molar-refractivity contribution < 1.29 is 22.7 Å². The minimum absolute atomic E-state index is 0.0257. The van der Waals surface area contributed by atoms with Gasteiger partial charge < -0.3 is 9.30 Å². The van der Waals surface area contributed by atoms with E-state index in [1.54, 1.807) is 37.8 Å². The molecule has 0 N–H and O–H groups in total. The number of fused-ring (bicyclic) bond motifs is 1. The van der Waals surface area contributed by atoms with Gasteiger partial charge in [-0.05, 0) is 43.5 Å². The molecule has 5 rings (SSSR count). The highest BCUT2D eigenvalue weighted by Crippen LogP contribution is 2.33. The van der Waals surface area contributed by atoms with Crippen LogP contribution < -0.4 is 9.64 Å². The number of aromatic nitrogens is 6. The molecule has 1 atom stereocenters. The van der Waals surface area contributed by atoms with Gasteiger partial charge in [-0.15, -0.1) is 5.10 Å². The second kappa shape index (κ2) is 9.10. The van der Waals surface area contributed by atoms with E-state index in [1.165, 1.54) is 10.9 Å². The highest BCUT2D eigenvalue weighted by atomic mass is 19.4. The second-order valence-corrected chi connectivity index (χ2v) is 8.47. The lowest BCUT2D eigenvalue weighted by Crippen LogP contribution is -2.43. The van der Waals surface area contributed by atoms with Crippen molar-refractivity contribution in [3.05, 3.63) is 66.5 Å². The van der Waals surface area contributed by atoms with Gasteiger partial charge in [0.25, 0.3) is 5.91 Å². The fourth-order valence-corrected chi connectivity index (χ4v) is 4.31. The lowest BCUT2D eigenvalue weighted by Gasteiger charge is -2.25. The van der Waals surface area contributed by atoms with Gasteiger partial charge in [-0.1, -0.05) is 17.3 Å². The van der Waals surface area contributed by atoms with Crippen LogP contribution in [0.2, 0.25) is 0 Å². The van der Waals surface area contributed by atoms with E-state index in [-0.39, 0.29) is 12.2 Å². The number of carbonyl (C=O) groups is 1. The first kappa shape index (κ1) is 23.5. The Balaban J connectivity index is 1.46. The number of aryl methyl sites for hydroxylation is 2. The predicted molar refractivity (Wildman–Crippen MR) is 124 cm³/mol. The van der Waals surface area contributed by atoms with Crippen LogP contribution in [-0.2, 0) is 11.2 Å². The molecule has 1 amide bonds. The van der Waals surface area contributed by atoms with Gasteiger partial charge in [0, 0.05) is 18.0 Å². The Kier molecular flexibility index (Phi) is 5.94. The molecule has 1 aromatic carbocycles. The summed E-state index contributed by atoms with van der Waals surface area (Å²) in [5.41, 5.74) is 3.34. The number of pyridine rings is 1. The van der Waals surface area contributed by atoms with Crippen LogP contribution in [0.25, 0.3) is 16.9 Å². The predicted octanol–water partition coefficient (Wildman–Crippen LogP) is 3.93. The Morgan fingerprint density at radius 1 is 1.17 bits per heavy atom. The van der Waals surface area contributed by atoms with Crippen LogP contribution in [0.1, 0.15) is 23.7 Å². The number of imidazole rings is 1. The molecule has 0 spiro atoms. The number of benzene rings is 1. The van der Waals surface area contributed by atoms with Crippen LogP contribution in [0, 0.1) is 6.92 Å². The van der Waals surface area contributed by atoms with Crippen LogP contribution in [0.3, 0.4) is 0 Å². The summed E-state index contributed by atoms with van der Waals surface area (Å²) in [4.78, 5) is 22.3. The Bertz CT molecular complexity index is 1410. The normalized spacial score (nSPS) is 16.1. The van der Waals surface area contributed by atoms with Crippen molar-refractivity contribution in [2.24, 2.45) is 0 Å². The van der Waals surface area contributed by atoms with Gasteiger partial charge in [0.1, 0.15) is 29.8 Å². The van der Waals surface area contributed by atoms with E-state index >= 15 is 0 Å². The van der Waals surface area contributed by atoms with Crippen molar-refractivity contribution in [1.29, 1.82) is 0 Å². The number of rotatable bonds is 5. The molecule has 12 heteroatoms. The Morgan fingerprint density at radius 2 is 2.00 bits per heavy atom. The summed E-state index contributed by atoms with van der Waals surface area (Å²) in [6.45, 7) is 0.454. The number of ether oxygens (including phenoxy) is 1. The molecule has 0 fully saturated rings. The van der Waals surface area contributed by atoms with E-state index in [9.17, 15) is 18.0 Å². The first-order chi connectivity index (χ1) is 17.2. The van der Waals surface area contributed by atoms with E-state index in [0.717, 1.165) is 11.4 Å². The largest absolute Gasteiger partial charge is 0.495 e. The quantitative estimate of drug-likeness (QED) is 0.415. The lowest BCUT2D eigenvalue weighted by molar-refractivity contribution is -0.134. The molecule has 0 bridgehead atoms. The summed E-state index contributed by atoms with van der Waals surface area (Å²) in [5, 5.41) is 8.29. The third-order valence-electron chi connectivity index (χ3n) is 5.99. The molecule has 36 heavy (non-hydrogen) atoms. The topological polar surface area (TPSA) is 91.0 Å². The van der Waals surface area contributed by atoms with E-state index in [1.807, 2.05) is 29.8 Å². The van der Waals surface area contributed by atoms with Gasteiger partial charge in [0.05, 0.1) is 31.0 Å². The molecule has 0 aliphatic carbocycles. The van der Waals surface area contributed by atoms with Crippen LogP contribution in [-0.4, -0.2) is 55.3 Å². The average molecular weight is 497 g/mol. The minimum atomic E-state index is -4.58. The van der Waals surface area contributed by atoms with Gasteiger partial charge in [0.2, 0.25) is 0 Å². The van der Waals surface area contributed by atoms with E-state index in [2.05, 4.69) is 20.3 Å². The zero-order valence-corrected chi connectivity index (χ0v) is 19.5. The fourth-order valence-electron chi connectivity index (χ4n) is 4.31. The first-order valence-electron chi connectivity index (χ1n) is 11.2. The zero-order chi connectivity index (χ0) is 25.4. The molecule has 0 saturated heterocycles. The molecule has 0 radical (unpaired) electrons. The Hall–Kier alpha value is -4.22. The maximum Gasteiger partial charge on any atom is 0.406 e. The number of alkyl halides is 3. The number of nitrogens with zero attached hydrogens (tertiary/aromatic N) is 7. The second-order valence-electron chi connectivity index (χ2n) is 8.47. The Morgan fingerprint density at radius 3 is 2.72 bits per heavy atom. The van der Waals surface area contributed by atoms with Crippen molar-refractivity contribution in [3.8, 4) is 22.7 Å². The molecule has 0 saturated carbocycles. The SMILES string of the molecule is COc1cc(-c2cn([C@@H]3CCc4cccnc4N(CC(F)(F)F)C3=O)nn2)ccc1-n1cnc(C)c1. The van der Waals surface area contributed by atoms with Crippen LogP contribution >= 0.6 is 0 Å². The monoisotopic (exact) mass is 497 g/mol. The van der Waals surface area contributed by atoms with Crippen molar-refractivity contribution in [1.82, 2.24) is 29.5 Å². The number of carbonyl (C=O) groups excluding carboxylic acids is 1. The van der Waals surface area contributed by atoms with E-state index in [0.29, 0.717) is 33.9 Å². The summed E-state index contributed by atoms with van der Waals surface area (Å²) in [5.74, 6) is -0.134. The maximum atomic E-state index is 13.3. The van der Waals surface area contributed by atoms with E-state index < -0.39 is 24.7 Å². The van der Waals surface area contributed by atoms with Gasteiger partial charge in [-0.25, -0.2) is 14.6 Å². The van der Waals surface area contributed by atoms with Crippen LogP contribution in [0.15, 0.2) is 55.2 Å². The summed E-state index contributed by atoms with van der Waals surface area (Å²) in [6.07, 6.45) is 2.54. The fraction of sp³-hybridized carbons (Fsp3) is 0.292. The molecule has 1 aliphatic rings. The average Bonchev–Trinajstić information content (AvgIpc) is 3.49. The summed E-state index contributed by atoms with van der Waals surface area (Å²) < 4.78 is 48.8. The summed E-state index contributed by atoms with van der Waals surface area (Å²) in [7, 11) is 1.55.